The van der Waals surface area contributed by atoms with Gasteiger partial charge < -0.3 is 13.8 Å². The molecular formula is C13H16FO5P. The van der Waals surface area contributed by atoms with Crippen LogP contribution in [0.4, 0.5) is 4.39 Å². The van der Waals surface area contributed by atoms with Crippen molar-refractivity contribution in [2.24, 2.45) is 0 Å². The molecule has 0 aliphatic rings. The van der Waals surface area contributed by atoms with Crippen molar-refractivity contribution >= 4 is 18.9 Å². The summed E-state index contributed by atoms with van der Waals surface area (Å²) in [5.41, 5.74) is 0.353. The minimum Gasteiger partial charge on any atom is -0.463 e. The van der Waals surface area contributed by atoms with Crippen LogP contribution in [-0.4, -0.2) is 26.8 Å². The summed E-state index contributed by atoms with van der Waals surface area (Å²) < 4.78 is 39.9. The van der Waals surface area contributed by atoms with Crippen LogP contribution < -0.4 is 0 Å². The molecule has 0 bridgehead atoms. The number of halogens is 1. The Kier molecular flexibility index (Phi) is 6.07. The molecule has 0 heterocycles. The molecule has 0 amide bonds. The molecule has 0 N–H and O–H groups in total. The number of hydrogen-bond acceptors (Lipinski definition) is 5. The predicted molar refractivity (Wildman–Crippen MR) is 72.6 cm³/mol. The zero-order chi connectivity index (χ0) is 15.2. The molecule has 0 saturated heterocycles. The number of hydrogen-bond donors (Lipinski definition) is 0. The lowest BCUT2D eigenvalue weighted by Gasteiger charge is -2.17. The number of carbonyl (C=O) groups excluding carboxylic acids is 1. The summed E-state index contributed by atoms with van der Waals surface area (Å²) in [6.07, 6.45) is 1.03. The molecule has 0 radical (unpaired) electrons. The maximum Gasteiger partial charge on any atom is 0.361 e. The third-order valence-corrected chi connectivity index (χ3v) is 4.40. The van der Waals surface area contributed by atoms with Crippen LogP contribution in [-0.2, 0) is 23.1 Å². The number of rotatable bonds is 6. The number of esters is 1. The minimum atomic E-state index is -3.67. The largest absolute Gasteiger partial charge is 0.463 e. The molecule has 1 aromatic rings. The highest BCUT2D eigenvalue weighted by atomic mass is 31.2. The van der Waals surface area contributed by atoms with Gasteiger partial charge in [-0.25, -0.2) is 9.18 Å². The summed E-state index contributed by atoms with van der Waals surface area (Å²) in [4.78, 5) is 11.6. The third-order valence-electron chi connectivity index (χ3n) is 2.46. The van der Waals surface area contributed by atoms with E-state index in [9.17, 15) is 13.8 Å². The summed E-state index contributed by atoms with van der Waals surface area (Å²) in [5, 5.41) is 0.0148. The Morgan fingerprint density at radius 3 is 2.25 bits per heavy atom. The van der Waals surface area contributed by atoms with Gasteiger partial charge in [0, 0.05) is 20.3 Å². The highest BCUT2D eigenvalue weighted by Gasteiger charge is 2.30. The molecule has 0 spiro atoms. The Balaban J connectivity index is 3.31. The fraction of sp³-hybridized carbons (Fsp3) is 0.308. The number of carbonyl (C=O) groups is 1. The Morgan fingerprint density at radius 1 is 1.25 bits per heavy atom. The van der Waals surface area contributed by atoms with Crippen LogP contribution in [0.2, 0.25) is 0 Å². The van der Waals surface area contributed by atoms with E-state index in [-0.39, 0.29) is 11.9 Å². The van der Waals surface area contributed by atoms with Gasteiger partial charge in [-0.2, -0.15) is 0 Å². The highest BCUT2D eigenvalue weighted by Crippen LogP contribution is 2.59. The summed E-state index contributed by atoms with van der Waals surface area (Å²) in [7, 11) is -1.27. The third kappa shape index (κ3) is 4.00. The quantitative estimate of drug-likeness (QED) is 0.459. The zero-order valence-corrected chi connectivity index (χ0v) is 12.4. The first kappa shape index (κ1) is 16.6. The molecule has 1 rings (SSSR count). The Morgan fingerprint density at radius 2 is 1.80 bits per heavy atom. The molecule has 0 aliphatic carbocycles. The van der Waals surface area contributed by atoms with E-state index in [1.165, 1.54) is 38.5 Å². The standard InChI is InChI=1S/C13H16FO5P/c1-4-19-13(15)9-12(20(16,17-2)18-3)10-5-7-11(14)8-6-10/h5-9H,4H2,1-3H3/b12-9+. The lowest BCUT2D eigenvalue weighted by Crippen LogP contribution is -2.03. The van der Waals surface area contributed by atoms with Crippen molar-refractivity contribution in [1.29, 1.82) is 0 Å². The first-order chi connectivity index (χ1) is 9.46. The lowest BCUT2D eigenvalue weighted by atomic mass is 10.2. The maximum absolute atomic E-state index is 13.0. The van der Waals surface area contributed by atoms with Crippen LogP contribution in [0.1, 0.15) is 12.5 Å². The van der Waals surface area contributed by atoms with Gasteiger partial charge >= 0.3 is 13.6 Å². The average Bonchev–Trinajstić information content (AvgIpc) is 2.45. The van der Waals surface area contributed by atoms with Gasteiger partial charge in [0.15, 0.2) is 0 Å². The van der Waals surface area contributed by atoms with Crippen LogP contribution in [0, 0.1) is 5.82 Å². The lowest BCUT2D eigenvalue weighted by molar-refractivity contribution is -0.137. The maximum atomic E-state index is 13.0. The van der Waals surface area contributed by atoms with E-state index in [2.05, 4.69) is 0 Å². The van der Waals surface area contributed by atoms with Crippen molar-refractivity contribution in [1.82, 2.24) is 0 Å². The van der Waals surface area contributed by atoms with Crippen molar-refractivity contribution in [3.63, 3.8) is 0 Å². The van der Waals surface area contributed by atoms with Crippen LogP contribution in [0.15, 0.2) is 30.3 Å². The van der Waals surface area contributed by atoms with E-state index in [0.29, 0.717) is 5.56 Å². The monoisotopic (exact) mass is 302 g/mol. The predicted octanol–water partition coefficient (Wildman–Crippen LogP) is 3.22. The summed E-state index contributed by atoms with van der Waals surface area (Å²) >= 11 is 0. The van der Waals surface area contributed by atoms with E-state index in [4.69, 9.17) is 13.8 Å². The molecule has 0 unspecified atom stereocenters. The normalized spacial score (nSPS) is 12.3. The molecule has 0 aliphatic heterocycles. The molecule has 1 aromatic carbocycles. The van der Waals surface area contributed by atoms with Gasteiger partial charge in [0.1, 0.15) is 5.82 Å². The summed E-state index contributed by atoms with van der Waals surface area (Å²) in [6, 6.07) is 5.13. The van der Waals surface area contributed by atoms with E-state index in [1.807, 2.05) is 0 Å². The van der Waals surface area contributed by atoms with Crippen molar-refractivity contribution in [2.75, 3.05) is 20.8 Å². The van der Waals surface area contributed by atoms with Gasteiger partial charge in [-0.1, -0.05) is 12.1 Å². The molecule has 0 fully saturated rings. The topological polar surface area (TPSA) is 61.8 Å². The summed E-state index contributed by atoms with van der Waals surface area (Å²) in [5.74, 6) is -1.13. The van der Waals surface area contributed by atoms with Gasteiger partial charge in [-0.15, -0.1) is 0 Å². The van der Waals surface area contributed by atoms with Gasteiger partial charge in [0.25, 0.3) is 0 Å². The van der Waals surface area contributed by atoms with E-state index < -0.39 is 19.4 Å². The van der Waals surface area contributed by atoms with Crippen molar-refractivity contribution in [3.05, 3.63) is 41.7 Å². The molecular weight excluding hydrogens is 286 g/mol. The Labute approximate surface area is 116 Å². The van der Waals surface area contributed by atoms with Gasteiger partial charge in [0.2, 0.25) is 0 Å². The van der Waals surface area contributed by atoms with Crippen molar-refractivity contribution in [2.45, 2.75) is 6.92 Å². The van der Waals surface area contributed by atoms with E-state index in [0.717, 1.165) is 6.08 Å². The average molecular weight is 302 g/mol. The molecule has 0 aromatic heterocycles. The van der Waals surface area contributed by atoms with Crippen molar-refractivity contribution in [3.8, 4) is 0 Å². The molecule has 0 atom stereocenters. The van der Waals surface area contributed by atoms with E-state index >= 15 is 0 Å². The number of ether oxygens (including phenoxy) is 1. The Hall–Kier alpha value is -1.49. The second kappa shape index (κ2) is 7.33. The molecule has 20 heavy (non-hydrogen) atoms. The van der Waals surface area contributed by atoms with Gasteiger partial charge in [-0.05, 0) is 24.6 Å². The van der Waals surface area contributed by atoms with Crippen molar-refractivity contribution < 1.29 is 27.5 Å². The minimum absolute atomic E-state index is 0.0148. The van der Waals surface area contributed by atoms with Gasteiger partial charge in [0.05, 0.1) is 11.9 Å². The summed E-state index contributed by atoms with van der Waals surface area (Å²) in [6.45, 7) is 1.83. The van der Waals surface area contributed by atoms with Crippen LogP contribution >= 0.6 is 7.60 Å². The molecule has 110 valence electrons. The second-order valence-corrected chi connectivity index (χ2v) is 5.86. The SMILES string of the molecule is CCOC(=O)/C=C(\c1ccc(F)cc1)P(=O)(OC)OC. The fourth-order valence-electron chi connectivity index (χ4n) is 1.51. The second-order valence-electron chi connectivity index (χ2n) is 3.65. The van der Waals surface area contributed by atoms with Crippen LogP contribution in [0.5, 0.6) is 0 Å². The molecule has 7 heteroatoms. The van der Waals surface area contributed by atoms with Gasteiger partial charge in [-0.3, -0.25) is 4.57 Å². The molecule has 0 saturated carbocycles. The van der Waals surface area contributed by atoms with Crippen LogP contribution in [0.3, 0.4) is 0 Å². The first-order valence-electron chi connectivity index (χ1n) is 5.83. The molecule has 5 nitrogen and oxygen atoms in total. The Bertz CT molecular complexity index is 530. The smallest absolute Gasteiger partial charge is 0.361 e. The number of benzene rings is 1. The van der Waals surface area contributed by atoms with Crippen LogP contribution in [0.25, 0.3) is 5.31 Å². The fourth-order valence-corrected chi connectivity index (χ4v) is 2.78. The first-order valence-corrected chi connectivity index (χ1v) is 7.37. The zero-order valence-electron chi connectivity index (χ0n) is 11.5. The highest BCUT2D eigenvalue weighted by molar-refractivity contribution is 7.65. The van der Waals surface area contributed by atoms with E-state index in [1.54, 1.807) is 6.92 Å².